The number of hydrogen-bond acceptors (Lipinski definition) is 6. The lowest BCUT2D eigenvalue weighted by Crippen LogP contribution is -2.15. The second-order valence-corrected chi connectivity index (χ2v) is 7.89. The highest BCUT2D eigenvalue weighted by atomic mass is 19.4. The molecule has 2 aromatic carbocycles. The van der Waals surface area contributed by atoms with E-state index in [2.05, 4.69) is 29.3 Å². The van der Waals surface area contributed by atoms with Crippen LogP contribution in [0.3, 0.4) is 0 Å². The van der Waals surface area contributed by atoms with Crippen LogP contribution in [0.1, 0.15) is 43.2 Å². The summed E-state index contributed by atoms with van der Waals surface area (Å²) in [4.78, 5) is 16.7. The average Bonchev–Trinajstić information content (AvgIpc) is 3.27. The summed E-state index contributed by atoms with van der Waals surface area (Å²) in [6.07, 6.45) is -4.50. The quantitative estimate of drug-likeness (QED) is 0.390. The summed E-state index contributed by atoms with van der Waals surface area (Å²) in [7, 11) is 1.47. The molecule has 1 heterocycles. The molecule has 1 aromatic heterocycles. The van der Waals surface area contributed by atoms with Gasteiger partial charge in [-0.25, -0.2) is 0 Å². The minimum absolute atomic E-state index is 0.0678. The minimum Gasteiger partial charge on any atom is -0.489 e. The Labute approximate surface area is 195 Å². The topological polar surface area (TPSA) is 86.5 Å². The van der Waals surface area contributed by atoms with Crippen molar-refractivity contribution in [2.75, 3.05) is 25.6 Å². The van der Waals surface area contributed by atoms with Crippen LogP contribution in [-0.2, 0) is 22.1 Å². The van der Waals surface area contributed by atoms with Crippen molar-refractivity contribution in [1.29, 1.82) is 0 Å². The number of ether oxygens (including phenoxy) is 2. The van der Waals surface area contributed by atoms with Crippen molar-refractivity contribution < 1.29 is 32.0 Å². The van der Waals surface area contributed by atoms with E-state index in [0.717, 1.165) is 17.7 Å². The Morgan fingerprint density at radius 3 is 2.50 bits per heavy atom. The van der Waals surface area contributed by atoms with Gasteiger partial charge in [0.15, 0.2) is 0 Å². The van der Waals surface area contributed by atoms with Crippen molar-refractivity contribution in [1.82, 2.24) is 10.1 Å². The first-order valence-electron chi connectivity index (χ1n) is 10.7. The summed E-state index contributed by atoms with van der Waals surface area (Å²) in [6, 6.07) is 10.7. The molecule has 7 nitrogen and oxygen atoms in total. The van der Waals surface area contributed by atoms with Crippen LogP contribution in [0.25, 0.3) is 11.4 Å². The van der Waals surface area contributed by atoms with Gasteiger partial charge in [0.25, 0.3) is 0 Å². The average molecular weight is 477 g/mol. The zero-order chi connectivity index (χ0) is 24.7. The van der Waals surface area contributed by atoms with E-state index in [9.17, 15) is 18.0 Å². The van der Waals surface area contributed by atoms with Gasteiger partial charge in [0.1, 0.15) is 12.4 Å². The van der Waals surface area contributed by atoms with Crippen LogP contribution in [0.2, 0.25) is 0 Å². The summed E-state index contributed by atoms with van der Waals surface area (Å²) >= 11 is 0. The number of aryl methyl sites for hydroxylation is 1. The number of rotatable bonds is 10. The lowest BCUT2D eigenvalue weighted by Gasteiger charge is -2.15. The molecule has 3 rings (SSSR count). The van der Waals surface area contributed by atoms with E-state index in [1.54, 1.807) is 0 Å². The van der Waals surface area contributed by atoms with Crippen LogP contribution < -0.4 is 10.1 Å². The normalized spacial score (nSPS) is 11.6. The Morgan fingerprint density at radius 1 is 1.12 bits per heavy atom. The van der Waals surface area contributed by atoms with E-state index in [1.165, 1.54) is 18.7 Å². The molecule has 0 aliphatic rings. The summed E-state index contributed by atoms with van der Waals surface area (Å²) < 4.78 is 54.9. The number of benzene rings is 2. The molecule has 0 saturated heterocycles. The zero-order valence-corrected chi connectivity index (χ0v) is 19.1. The Bertz CT molecular complexity index is 1100. The lowest BCUT2D eigenvalue weighted by molar-refractivity contribution is -0.137. The number of anilines is 1. The summed E-state index contributed by atoms with van der Waals surface area (Å²) in [5.41, 5.74) is 0.995. The number of nitrogens with one attached hydrogen (secondary N) is 1. The molecule has 0 radical (unpaired) electrons. The van der Waals surface area contributed by atoms with E-state index in [-0.39, 0.29) is 43.4 Å². The van der Waals surface area contributed by atoms with E-state index in [0.29, 0.717) is 11.7 Å². The SMILES string of the molecule is COCCOc1ccc(C(F)(F)F)cc1NC(=O)CCc1nc(-c2ccc(C(C)C)cc2)no1. The van der Waals surface area contributed by atoms with Crippen LogP contribution in [-0.4, -0.2) is 36.4 Å². The summed E-state index contributed by atoms with van der Waals surface area (Å²) in [5, 5.41) is 6.42. The van der Waals surface area contributed by atoms with Crippen LogP contribution in [0, 0.1) is 0 Å². The first-order chi connectivity index (χ1) is 16.2. The number of amides is 1. The molecule has 0 saturated carbocycles. The fourth-order valence-corrected chi connectivity index (χ4v) is 3.09. The maximum absolute atomic E-state index is 13.1. The van der Waals surface area contributed by atoms with E-state index >= 15 is 0 Å². The molecular weight excluding hydrogens is 451 g/mol. The summed E-state index contributed by atoms with van der Waals surface area (Å²) in [5.74, 6) is 0.646. The predicted octanol–water partition coefficient (Wildman–Crippen LogP) is 5.48. The number of halogens is 3. The molecule has 0 bridgehead atoms. The van der Waals surface area contributed by atoms with Gasteiger partial charge in [-0.2, -0.15) is 18.2 Å². The van der Waals surface area contributed by atoms with Gasteiger partial charge in [0, 0.05) is 25.5 Å². The first-order valence-corrected chi connectivity index (χ1v) is 10.7. The van der Waals surface area contributed by atoms with Crippen LogP contribution in [0.5, 0.6) is 5.75 Å². The second kappa shape index (κ2) is 11.1. The monoisotopic (exact) mass is 477 g/mol. The molecule has 0 spiro atoms. The molecule has 182 valence electrons. The third-order valence-electron chi connectivity index (χ3n) is 5.00. The smallest absolute Gasteiger partial charge is 0.416 e. The van der Waals surface area contributed by atoms with Crippen molar-refractivity contribution in [3.63, 3.8) is 0 Å². The number of nitrogens with zero attached hydrogens (tertiary/aromatic N) is 2. The van der Waals surface area contributed by atoms with Gasteiger partial charge >= 0.3 is 6.18 Å². The molecule has 0 aliphatic heterocycles. The number of carbonyl (C=O) groups is 1. The van der Waals surface area contributed by atoms with Crippen molar-refractivity contribution in [3.8, 4) is 17.1 Å². The maximum Gasteiger partial charge on any atom is 0.416 e. The number of methoxy groups -OCH3 is 1. The summed E-state index contributed by atoms with van der Waals surface area (Å²) in [6.45, 7) is 4.56. The molecule has 1 amide bonds. The predicted molar refractivity (Wildman–Crippen MR) is 120 cm³/mol. The number of carbonyl (C=O) groups excluding carboxylic acids is 1. The van der Waals surface area contributed by atoms with Gasteiger partial charge in [0.2, 0.25) is 17.6 Å². The fourth-order valence-electron chi connectivity index (χ4n) is 3.09. The molecule has 1 N–H and O–H groups in total. The van der Waals surface area contributed by atoms with Crippen molar-refractivity contribution >= 4 is 11.6 Å². The number of alkyl halides is 3. The third kappa shape index (κ3) is 6.80. The molecule has 0 atom stereocenters. The van der Waals surface area contributed by atoms with Gasteiger partial charge in [-0.05, 0) is 29.7 Å². The Hall–Kier alpha value is -3.40. The van der Waals surface area contributed by atoms with Gasteiger partial charge in [-0.1, -0.05) is 43.3 Å². The van der Waals surface area contributed by atoms with Crippen molar-refractivity contribution in [2.24, 2.45) is 0 Å². The molecule has 0 unspecified atom stereocenters. The number of hydrogen-bond donors (Lipinski definition) is 1. The van der Waals surface area contributed by atoms with Crippen molar-refractivity contribution in [2.45, 2.75) is 38.8 Å². The van der Waals surface area contributed by atoms with E-state index in [4.69, 9.17) is 14.0 Å². The lowest BCUT2D eigenvalue weighted by atomic mass is 10.0. The zero-order valence-electron chi connectivity index (χ0n) is 19.1. The number of aromatic nitrogens is 2. The molecule has 0 fully saturated rings. The molecular formula is C24H26F3N3O4. The Kier molecular flexibility index (Phi) is 8.27. The van der Waals surface area contributed by atoms with Gasteiger partial charge in [-0.15, -0.1) is 0 Å². The molecule has 3 aromatic rings. The van der Waals surface area contributed by atoms with Crippen LogP contribution >= 0.6 is 0 Å². The van der Waals surface area contributed by atoms with Crippen LogP contribution in [0.4, 0.5) is 18.9 Å². The highest BCUT2D eigenvalue weighted by Gasteiger charge is 2.31. The Balaban J connectivity index is 1.64. The van der Waals surface area contributed by atoms with E-state index in [1.807, 2.05) is 24.3 Å². The maximum atomic E-state index is 13.1. The third-order valence-corrected chi connectivity index (χ3v) is 5.00. The molecule has 10 heteroatoms. The highest BCUT2D eigenvalue weighted by Crippen LogP contribution is 2.35. The highest BCUT2D eigenvalue weighted by molar-refractivity contribution is 5.92. The first kappa shape index (κ1) is 25.2. The molecule has 0 aliphatic carbocycles. The van der Waals surface area contributed by atoms with Gasteiger partial charge < -0.3 is 19.3 Å². The standard InChI is InChI=1S/C24H26F3N3O4/c1-15(2)16-4-6-17(7-5-16)23-29-22(34-30-23)11-10-21(31)28-19-14-18(24(25,26)27)8-9-20(19)33-13-12-32-3/h4-9,14-15H,10-13H2,1-3H3,(H,28,31). The minimum atomic E-state index is -4.56. The Morgan fingerprint density at radius 2 is 1.85 bits per heavy atom. The van der Waals surface area contributed by atoms with Crippen LogP contribution in [0.15, 0.2) is 47.0 Å². The van der Waals surface area contributed by atoms with E-state index < -0.39 is 17.6 Å². The van der Waals surface area contributed by atoms with Gasteiger partial charge in [0.05, 0.1) is 17.9 Å². The second-order valence-electron chi connectivity index (χ2n) is 7.89. The molecule has 34 heavy (non-hydrogen) atoms. The van der Waals surface area contributed by atoms with Gasteiger partial charge in [-0.3, -0.25) is 4.79 Å². The van der Waals surface area contributed by atoms with Crippen molar-refractivity contribution in [3.05, 3.63) is 59.5 Å². The fraction of sp³-hybridized carbons (Fsp3) is 0.375. The largest absolute Gasteiger partial charge is 0.489 e.